The summed E-state index contributed by atoms with van der Waals surface area (Å²) in [5.41, 5.74) is 1.16. The molecule has 0 radical (unpaired) electrons. The summed E-state index contributed by atoms with van der Waals surface area (Å²) in [6.45, 7) is 0. The molecule has 96 valence electrons. The third-order valence-electron chi connectivity index (χ3n) is 3.53. The molecule has 1 aliphatic rings. The summed E-state index contributed by atoms with van der Waals surface area (Å²) in [6, 6.07) is 13.0. The second kappa shape index (κ2) is 4.73. The van der Waals surface area contributed by atoms with Crippen LogP contribution in [0.3, 0.4) is 0 Å². The van der Waals surface area contributed by atoms with E-state index in [0.717, 1.165) is 18.4 Å². The Bertz CT molecular complexity index is 635. The van der Waals surface area contributed by atoms with Gasteiger partial charge in [-0.2, -0.15) is 0 Å². The maximum atomic E-state index is 12.7. The molecule has 1 aliphatic carbocycles. The van der Waals surface area contributed by atoms with Gasteiger partial charge in [0.1, 0.15) is 10.3 Å². The van der Waals surface area contributed by atoms with Gasteiger partial charge in [0.25, 0.3) is 0 Å². The molecule has 1 saturated carbocycles. The summed E-state index contributed by atoms with van der Waals surface area (Å²) in [5, 5.41) is 0.688. The van der Waals surface area contributed by atoms with Gasteiger partial charge < -0.3 is 0 Å². The molecule has 19 heavy (non-hydrogen) atoms. The van der Waals surface area contributed by atoms with Crippen LogP contribution in [0.15, 0.2) is 47.1 Å². The van der Waals surface area contributed by atoms with Crippen molar-refractivity contribution in [1.29, 1.82) is 0 Å². The molecular formula is C15H11BrClNO. The molecule has 2 nitrogen and oxygen atoms in total. The van der Waals surface area contributed by atoms with Gasteiger partial charge in [-0.15, -0.1) is 0 Å². The third-order valence-corrected chi connectivity index (χ3v) is 4.22. The Morgan fingerprint density at radius 3 is 2.42 bits per heavy atom. The predicted octanol–water partition coefficient (Wildman–Crippen LogP) is 4.41. The van der Waals surface area contributed by atoms with E-state index in [1.165, 1.54) is 0 Å². The zero-order chi connectivity index (χ0) is 13.5. The molecule has 0 N–H and O–H groups in total. The van der Waals surface area contributed by atoms with E-state index < -0.39 is 5.41 Å². The van der Waals surface area contributed by atoms with Crippen LogP contribution in [0.4, 0.5) is 0 Å². The molecule has 0 spiro atoms. The average molecular weight is 337 g/mol. The van der Waals surface area contributed by atoms with Crippen LogP contribution in [-0.2, 0) is 5.41 Å². The Morgan fingerprint density at radius 2 is 1.84 bits per heavy atom. The minimum absolute atomic E-state index is 0.0936. The van der Waals surface area contributed by atoms with Gasteiger partial charge in [0, 0.05) is 5.02 Å². The maximum Gasteiger partial charge on any atom is 0.191 e. The van der Waals surface area contributed by atoms with E-state index >= 15 is 0 Å². The number of nitrogens with zero attached hydrogens (tertiary/aromatic N) is 1. The minimum Gasteiger partial charge on any atom is -0.291 e. The first-order chi connectivity index (χ1) is 9.12. The minimum atomic E-state index is -0.390. The lowest BCUT2D eigenvalue weighted by molar-refractivity contribution is 0.0941. The van der Waals surface area contributed by atoms with E-state index in [9.17, 15) is 4.79 Å². The van der Waals surface area contributed by atoms with Crippen LogP contribution in [0.5, 0.6) is 0 Å². The number of pyridine rings is 1. The highest BCUT2D eigenvalue weighted by atomic mass is 79.9. The van der Waals surface area contributed by atoms with Crippen molar-refractivity contribution in [2.75, 3.05) is 0 Å². The first kappa shape index (κ1) is 12.8. The zero-order valence-corrected chi connectivity index (χ0v) is 12.4. The Hall–Kier alpha value is -1.19. The van der Waals surface area contributed by atoms with Gasteiger partial charge in [-0.05, 0) is 58.6 Å². The average Bonchev–Trinajstić information content (AvgIpc) is 3.20. The summed E-state index contributed by atoms with van der Waals surface area (Å²) in [4.78, 5) is 16.9. The van der Waals surface area contributed by atoms with Crippen molar-refractivity contribution in [2.24, 2.45) is 0 Å². The highest BCUT2D eigenvalue weighted by molar-refractivity contribution is 9.10. The monoisotopic (exact) mass is 335 g/mol. The Balaban J connectivity index is 1.97. The highest BCUT2D eigenvalue weighted by Crippen LogP contribution is 2.50. The molecule has 0 aliphatic heterocycles. The smallest absolute Gasteiger partial charge is 0.191 e. The van der Waals surface area contributed by atoms with Crippen molar-refractivity contribution in [1.82, 2.24) is 4.98 Å². The SMILES string of the molecule is O=C(c1cccc(Br)n1)C1(c2ccc(Cl)cc2)CC1. The van der Waals surface area contributed by atoms with Gasteiger partial charge in [-0.25, -0.2) is 4.98 Å². The van der Waals surface area contributed by atoms with Crippen LogP contribution < -0.4 is 0 Å². The second-order valence-corrected chi connectivity index (χ2v) is 6.01. The summed E-state index contributed by atoms with van der Waals surface area (Å²) >= 11 is 9.20. The predicted molar refractivity (Wildman–Crippen MR) is 78.6 cm³/mol. The number of carbonyl (C=O) groups excluding carboxylic acids is 1. The fraction of sp³-hybridized carbons (Fsp3) is 0.200. The fourth-order valence-electron chi connectivity index (χ4n) is 2.32. The van der Waals surface area contributed by atoms with Crippen molar-refractivity contribution >= 4 is 33.3 Å². The number of halogens is 2. The number of rotatable bonds is 3. The summed E-state index contributed by atoms with van der Waals surface area (Å²) in [6.07, 6.45) is 1.75. The molecule has 0 atom stereocenters. The van der Waals surface area contributed by atoms with Crippen LogP contribution in [0, 0.1) is 0 Å². The number of Topliss-reactive ketones (excluding diaryl/α,β-unsaturated/α-hetero) is 1. The van der Waals surface area contributed by atoms with Gasteiger partial charge in [0.05, 0.1) is 5.41 Å². The Morgan fingerprint density at radius 1 is 1.16 bits per heavy atom. The lowest BCUT2D eigenvalue weighted by Crippen LogP contribution is -2.21. The topological polar surface area (TPSA) is 30.0 Å². The number of aromatic nitrogens is 1. The number of hydrogen-bond donors (Lipinski definition) is 0. The van der Waals surface area contributed by atoms with Gasteiger partial charge in [-0.3, -0.25) is 4.79 Å². The highest BCUT2D eigenvalue weighted by Gasteiger charge is 2.51. The van der Waals surface area contributed by atoms with E-state index in [4.69, 9.17) is 11.6 Å². The van der Waals surface area contributed by atoms with Gasteiger partial charge >= 0.3 is 0 Å². The Kier molecular flexibility index (Phi) is 3.19. The molecular weight excluding hydrogens is 326 g/mol. The molecule has 2 aromatic rings. The van der Waals surface area contributed by atoms with Crippen LogP contribution in [-0.4, -0.2) is 10.8 Å². The molecule has 0 bridgehead atoms. The van der Waals surface area contributed by atoms with Crippen LogP contribution in [0.25, 0.3) is 0 Å². The Labute approximate surface area is 124 Å². The number of ketones is 1. The quantitative estimate of drug-likeness (QED) is 0.614. The molecule has 0 saturated heterocycles. The van der Waals surface area contributed by atoms with Gasteiger partial charge in [-0.1, -0.05) is 29.8 Å². The maximum absolute atomic E-state index is 12.7. The lowest BCUT2D eigenvalue weighted by atomic mass is 9.89. The summed E-state index contributed by atoms with van der Waals surface area (Å²) < 4.78 is 0.685. The standard InChI is InChI=1S/C15H11BrClNO/c16-13-3-1-2-12(18-13)14(19)15(8-9-15)10-4-6-11(17)7-5-10/h1-7H,8-9H2. The second-order valence-electron chi connectivity index (χ2n) is 4.76. The molecule has 1 heterocycles. The molecule has 1 fully saturated rings. The molecule has 0 amide bonds. The van der Waals surface area contributed by atoms with E-state index in [1.54, 1.807) is 6.07 Å². The number of hydrogen-bond acceptors (Lipinski definition) is 2. The number of carbonyl (C=O) groups is 1. The molecule has 0 unspecified atom stereocenters. The molecule has 1 aromatic carbocycles. The summed E-state index contributed by atoms with van der Waals surface area (Å²) in [7, 11) is 0. The van der Waals surface area contributed by atoms with E-state index in [-0.39, 0.29) is 5.78 Å². The fourth-order valence-corrected chi connectivity index (χ4v) is 2.79. The van der Waals surface area contributed by atoms with Crippen LogP contribution in [0.1, 0.15) is 28.9 Å². The van der Waals surface area contributed by atoms with Crippen molar-refractivity contribution in [2.45, 2.75) is 18.3 Å². The van der Waals surface area contributed by atoms with Crippen molar-refractivity contribution in [3.8, 4) is 0 Å². The van der Waals surface area contributed by atoms with Gasteiger partial charge in [0.15, 0.2) is 5.78 Å². The zero-order valence-electron chi connectivity index (χ0n) is 10.1. The molecule has 3 rings (SSSR count). The van der Waals surface area contributed by atoms with Crippen molar-refractivity contribution in [3.05, 3.63) is 63.3 Å². The van der Waals surface area contributed by atoms with Crippen LogP contribution >= 0.6 is 27.5 Å². The first-order valence-electron chi connectivity index (χ1n) is 6.05. The summed E-state index contributed by atoms with van der Waals surface area (Å²) in [5.74, 6) is 0.0936. The van der Waals surface area contributed by atoms with E-state index in [2.05, 4.69) is 20.9 Å². The van der Waals surface area contributed by atoms with Gasteiger partial charge in [0.2, 0.25) is 0 Å². The lowest BCUT2D eigenvalue weighted by Gasteiger charge is -2.14. The van der Waals surface area contributed by atoms with Crippen molar-refractivity contribution < 1.29 is 4.79 Å². The van der Waals surface area contributed by atoms with E-state index in [1.807, 2.05) is 36.4 Å². The first-order valence-corrected chi connectivity index (χ1v) is 7.22. The molecule has 4 heteroatoms. The largest absolute Gasteiger partial charge is 0.291 e. The van der Waals surface area contributed by atoms with E-state index in [0.29, 0.717) is 15.3 Å². The molecule has 1 aromatic heterocycles. The van der Waals surface area contributed by atoms with Crippen LogP contribution in [0.2, 0.25) is 5.02 Å². The normalized spacial score (nSPS) is 16.1. The van der Waals surface area contributed by atoms with Crippen molar-refractivity contribution in [3.63, 3.8) is 0 Å². The number of benzene rings is 1. The third kappa shape index (κ3) is 2.33.